The molecular formula is C11H13BrFN5. The number of para-hydroxylation sites is 1. The van der Waals surface area contributed by atoms with E-state index in [0.29, 0.717) is 28.6 Å². The summed E-state index contributed by atoms with van der Waals surface area (Å²) in [5.41, 5.74) is 0.322. The molecular weight excluding hydrogens is 301 g/mol. The molecule has 0 saturated carbocycles. The third-order valence-corrected chi connectivity index (χ3v) is 2.99. The fraction of sp³-hybridized carbons (Fsp3) is 0.364. The lowest BCUT2D eigenvalue weighted by Crippen LogP contribution is -2.24. The van der Waals surface area contributed by atoms with Crippen molar-refractivity contribution in [1.29, 1.82) is 0 Å². The van der Waals surface area contributed by atoms with Crippen LogP contribution >= 0.6 is 15.9 Å². The molecule has 96 valence electrons. The summed E-state index contributed by atoms with van der Waals surface area (Å²) in [5.74, 6) is 0.192. The number of nitrogens with one attached hydrogen (secondary N) is 1. The third kappa shape index (κ3) is 2.73. The van der Waals surface area contributed by atoms with Crippen LogP contribution in [0.15, 0.2) is 22.7 Å². The zero-order chi connectivity index (χ0) is 13.1. The predicted octanol–water partition coefficient (Wildman–Crippen LogP) is 2.06. The summed E-state index contributed by atoms with van der Waals surface area (Å²) in [6.07, 6.45) is 0. The minimum Gasteiger partial charge on any atom is -0.308 e. The quantitative estimate of drug-likeness (QED) is 0.938. The molecule has 7 heteroatoms. The van der Waals surface area contributed by atoms with Crippen molar-refractivity contribution in [2.45, 2.75) is 26.4 Å². The van der Waals surface area contributed by atoms with Crippen LogP contribution in [0, 0.1) is 5.82 Å². The maximum absolute atomic E-state index is 13.8. The maximum atomic E-state index is 13.8. The Balaban J connectivity index is 2.36. The molecule has 0 unspecified atom stereocenters. The highest BCUT2D eigenvalue weighted by atomic mass is 79.9. The van der Waals surface area contributed by atoms with Crippen molar-refractivity contribution in [2.24, 2.45) is 0 Å². The monoisotopic (exact) mass is 313 g/mol. The van der Waals surface area contributed by atoms with Gasteiger partial charge in [-0.25, -0.2) is 4.39 Å². The Morgan fingerprint density at radius 2 is 2.22 bits per heavy atom. The first-order valence-electron chi connectivity index (χ1n) is 5.54. The molecule has 18 heavy (non-hydrogen) atoms. The van der Waals surface area contributed by atoms with Gasteiger partial charge >= 0.3 is 0 Å². The molecule has 0 aliphatic heterocycles. The van der Waals surface area contributed by atoms with E-state index in [0.717, 1.165) is 0 Å². The zero-order valence-electron chi connectivity index (χ0n) is 10.1. The van der Waals surface area contributed by atoms with Crippen molar-refractivity contribution in [3.8, 4) is 5.69 Å². The first kappa shape index (κ1) is 13.1. The molecule has 2 aromatic rings. The molecule has 0 bridgehead atoms. The van der Waals surface area contributed by atoms with Gasteiger partial charge in [0.1, 0.15) is 11.5 Å². The summed E-state index contributed by atoms with van der Waals surface area (Å²) in [4.78, 5) is 0. The number of halogens is 2. The Hall–Kier alpha value is -1.34. The summed E-state index contributed by atoms with van der Waals surface area (Å²) in [5, 5.41) is 14.5. The van der Waals surface area contributed by atoms with Crippen molar-refractivity contribution in [3.05, 3.63) is 34.3 Å². The topological polar surface area (TPSA) is 55.6 Å². The van der Waals surface area contributed by atoms with E-state index in [4.69, 9.17) is 0 Å². The fourth-order valence-corrected chi connectivity index (χ4v) is 1.99. The third-order valence-electron chi connectivity index (χ3n) is 2.35. The molecule has 1 heterocycles. The van der Waals surface area contributed by atoms with E-state index < -0.39 is 0 Å². The molecule has 0 amide bonds. The van der Waals surface area contributed by atoms with Crippen molar-refractivity contribution in [2.75, 3.05) is 0 Å². The van der Waals surface area contributed by atoms with E-state index >= 15 is 0 Å². The molecule has 0 spiro atoms. The second kappa shape index (κ2) is 5.53. The van der Waals surface area contributed by atoms with Crippen LogP contribution in [0.1, 0.15) is 19.7 Å². The molecule has 0 radical (unpaired) electrons. The first-order valence-corrected chi connectivity index (χ1v) is 6.34. The molecule has 0 aliphatic carbocycles. The minimum atomic E-state index is -0.373. The van der Waals surface area contributed by atoms with Gasteiger partial charge in [0.25, 0.3) is 0 Å². The molecule has 5 nitrogen and oxygen atoms in total. The lowest BCUT2D eigenvalue weighted by molar-refractivity contribution is 0.554. The van der Waals surface area contributed by atoms with Crippen molar-refractivity contribution < 1.29 is 4.39 Å². The minimum absolute atomic E-state index is 0.305. The van der Waals surface area contributed by atoms with Gasteiger partial charge in [0.2, 0.25) is 0 Å². The first-order chi connectivity index (χ1) is 8.59. The van der Waals surface area contributed by atoms with E-state index in [9.17, 15) is 4.39 Å². The van der Waals surface area contributed by atoms with Crippen LogP contribution in [0.25, 0.3) is 5.69 Å². The molecule has 0 aliphatic rings. The summed E-state index contributed by atoms with van der Waals surface area (Å²) >= 11 is 3.31. The van der Waals surface area contributed by atoms with E-state index in [-0.39, 0.29) is 5.82 Å². The van der Waals surface area contributed by atoms with Gasteiger partial charge in [0.15, 0.2) is 5.82 Å². The van der Waals surface area contributed by atoms with E-state index in [1.54, 1.807) is 12.1 Å². The molecule has 1 aromatic carbocycles. The van der Waals surface area contributed by atoms with Gasteiger partial charge in [-0.2, -0.15) is 4.68 Å². The second-order valence-corrected chi connectivity index (χ2v) is 4.97. The Bertz CT molecular complexity index is 520. The van der Waals surface area contributed by atoms with Gasteiger partial charge in [0.05, 0.1) is 6.54 Å². The predicted molar refractivity (Wildman–Crippen MR) is 68.8 cm³/mol. The number of hydrogen-bond acceptors (Lipinski definition) is 4. The van der Waals surface area contributed by atoms with Crippen LogP contribution in [0.3, 0.4) is 0 Å². The molecule has 0 atom stereocenters. The fourth-order valence-electron chi connectivity index (χ4n) is 1.48. The van der Waals surface area contributed by atoms with Crippen LogP contribution < -0.4 is 5.32 Å². The van der Waals surface area contributed by atoms with Crippen LogP contribution in [-0.4, -0.2) is 26.2 Å². The van der Waals surface area contributed by atoms with Gasteiger partial charge in [0, 0.05) is 10.5 Å². The summed E-state index contributed by atoms with van der Waals surface area (Å²) in [6.45, 7) is 4.52. The normalized spacial score (nSPS) is 11.2. The number of nitrogens with zero attached hydrogens (tertiary/aromatic N) is 4. The van der Waals surface area contributed by atoms with Gasteiger partial charge in [-0.1, -0.05) is 19.9 Å². The second-order valence-electron chi connectivity index (χ2n) is 4.11. The molecule has 0 saturated heterocycles. The molecule has 2 rings (SSSR count). The zero-order valence-corrected chi connectivity index (χ0v) is 11.6. The number of tetrazole rings is 1. The van der Waals surface area contributed by atoms with Gasteiger partial charge < -0.3 is 5.32 Å². The Labute approximate surface area is 113 Å². The van der Waals surface area contributed by atoms with Crippen LogP contribution in [-0.2, 0) is 6.54 Å². The number of hydrogen-bond donors (Lipinski definition) is 1. The molecule has 1 aromatic heterocycles. The highest BCUT2D eigenvalue weighted by Gasteiger charge is 2.15. The van der Waals surface area contributed by atoms with Crippen LogP contribution in [0.5, 0.6) is 0 Å². The van der Waals surface area contributed by atoms with Crippen molar-refractivity contribution in [3.63, 3.8) is 0 Å². The smallest absolute Gasteiger partial charge is 0.170 e. The largest absolute Gasteiger partial charge is 0.308 e. The number of rotatable bonds is 4. The highest BCUT2D eigenvalue weighted by molar-refractivity contribution is 9.10. The van der Waals surface area contributed by atoms with Gasteiger partial charge in [-0.3, -0.25) is 0 Å². The lowest BCUT2D eigenvalue weighted by Gasteiger charge is -2.10. The van der Waals surface area contributed by atoms with Crippen LogP contribution in [0.4, 0.5) is 4.39 Å². The van der Waals surface area contributed by atoms with Crippen LogP contribution in [0.2, 0.25) is 0 Å². The number of aromatic nitrogens is 4. The van der Waals surface area contributed by atoms with Crippen molar-refractivity contribution in [1.82, 2.24) is 25.5 Å². The van der Waals surface area contributed by atoms with E-state index in [1.807, 2.05) is 13.8 Å². The van der Waals surface area contributed by atoms with Gasteiger partial charge in [-0.15, -0.1) is 5.10 Å². The highest BCUT2D eigenvalue weighted by Crippen LogP contribution is 2.23. The van der Waals surface area contributed by atoms with Gasteiger partial charge in [-0.05, 0) is 38.5 Å². The summed E-state index contributed by atoms with van der Waals surface area (Å²) in [6, 6.07) is 5.06. The summed E-state index contributed by atoms with van der Waals surface area (Å²) < 4.78 is 15.8. The van der Waals surface area contributed by atoms with Crippen molar-refractivity contribution >= 4 is 15.9 Å². The van der Waals surface area contributed by atoms with E-state index in [1.165, 1.54) is 10.7 Å². The number of benzene rings is 1. The molecule has 1 N–H and O–H groups in total. The Morgan fingerprint density at radius 3 is 2.89 bits per heavy atom. The summed E-state index contributed by atoms with van der Waals surface area (Å²) in [7, 11) is 0. The maximum Gasteiger partial charge on any atom is 0.170 e. The SMILES string of the molecule is CC(C)NCc1nnnn1-c1c(F)cccc1Br. The average molecular weight is 314 g/mol. The Kier molecular flexibility index (Phi) is 4.03. The molecule has 0 fully saturated rings. The Morgan fingerprint density at radius 1 is 1.44 bits per heavy atom. The standard InChI is InChI=1S/C11H13BrFN5/c1-7(2)14-6-10-15-16-17-18(10)11-8(12)4-3-5-9(11)13/h3-5,7,14H,6H2,1-2H3. The average Bonchev–Trinajstić information content (AvgIpc) is 2.74. The van der Waals surface area contributed by atoms with E-state index in [2.05, 4.69) is 36.8 Å². The lowest BCUT2D eigenvalue weighted by atomic mass is 10.3.